The highest BCUT2D eigenvalue weighted by molar-refractivity contribution is 5.76. The molecule has 0 saturated carbocycles. The molecule has 19 nitrogen and oxygen atoms in total. The number of hydrogen-bond donors (Lipinski definition) is 12. The zero-order valence-corrected chi connectivity index (χ0v) is 62.2. The van der Waals surface area contributed by atoms with Crippen LogP contribution in [-0.2, 0) is 33.2 Å². The molecule has 19 heteroatoms. The van der Waals surface area contributed by atoms with Crippen molar-refractivity contribution in [2.45, 2.75) is 439 Å². The van der Waals surface area contributed by atoms with Gasteiger partial charge in [0.25, 0.3) is 0 Å². The van der Waals surface area contributed by atoms with Crippen LogP contribution in [0.4, 0.5) is 0 Å². The molecule has 3 heterocycles. The maximum absolute atomic E-state index is 13.5. The smallest absolute Gasteiger partial charge is 0.220 e. The number of nitrogens with one attached hydrogen (secondary N) is 1. The summed E-state index contributed by atoms with van der Waals surface area (Å²) in [5.41, 5.74) is 0. The van der Waals surface area contributed by atoms with E-state index >= 15 is 0 Å². The lowest BCUT2D eigenvalue weighted by atomic mass is 9.96. The Morgan fingerprint density at radius 3 is 1.04 bits per heavy atom. The molecule has 3 aliphatic heterocycles. The largest absolute Gasteiger partial charge is 0.394 e. The molecule has 3 saturated heterocycles. The number of aliphatic hydroxyl groups is 11. The molecule has 3 fully saturated rings. The van der Waals surface area contributed by atoms with Crippen molar-refractivity contribution in [3.05, 3.63) is 36.5 Å². The first-order valence-corrected chi connectivity index (χ1v) is 40.7. The Morgan fingerprint density at radius 1 is 0.364 bits per heavy atom. The van der Waals surface area contributed by atoms with Gasteiger partial charge in [-0.25, -0.2) is 0 Å². The normalized spacial score (nSPS) is 26.7. The third-order valence-electron chi connectivity index (χ3n) is 20.5. The highest BCUT2D eigenvalue weighted by Gasteiger charge is 2.54. The van der Waals surface area contributed by atoms with Gasteiger partial charge in [0.05, 0.1) is 38.6 Å². The van der Waals surface area contributed by atoms with Crippen molar-refractivity contribution in [3.63, 3.8) is 0 Å². The number of rotatable bonds is 65. The fourth-order valence-corrected chi connectivity index (χ4v) is 13.9. The van der Waals surface area contributed by atoms with Gasteiger partial charge in [0.2, 0.25) is 5.91 Å². The third-order valence-corrected chi connectivity index (χ3v) is 20.5. The lowest BCUT2D eigenvalue weighted by molar-refractivity contribution is -0.379. The number of carbonyl (C=O) groups excluding carboxylic acids is 1. The summed E-state index contributed by atoms with van der Waals surface area (Å²) in [5, 5.41) is 121. The van der Waals surface area contributed by atoms with E-state index in [9.17, 15) is 61.0 Å². The average molecular weight is 1410 g/mol. The van der Waals surface area contributed by atoms with Crippen LogP contribution in [0, 0.1) is 0 Å². The highest BCUT2D eigenvalue weighted by Crippen LogP contribution is 2.33. The van der Waals surface area contributed by atoms with Crippen LogP contribution in [0.1, 0.15) is 335 Å². The number of ether oxygens (including phenoxy) is 6. The van der Waals surface area contributed by atoms with Crippen LogP contribution in [0.25, 0.3) is 0 Å². The van der Waals surface area contributed by atoms with E-state index in [4.69, 9.17) is 28.4 Å². The Morgan fingerprint density at radius 2 is 0.667 bits per heavy atom. The Bertz CT molecular complexity index is 1930. The van der Waals surface area contributed by atoms with Crippen LogP contribution >= 0.6 is 0 Å². The predicted octanol–water partition coefficient (Wildman–Crippen LogP) is 13.5. The number of carbonyl (C=O) groups is 1. The number of hydrogen-bond acceptors (Lipinski definition) is 18. The second kappa shape index (κ2) is 61.2. The summed E-state index contributed by atoms with van der Waals surface area (Å²) in [6.45, 7) is 1.84. The van der Waals surface area contributed by atoms with E-state index in [0.29, 0.717) is 12.8 Å². The molecule has 1 amide bonds. The van der Waals surface area contributed by atoms with Gasteiger partial charge in [0.1, 0.15) is 73.2 Å². The molecule has 0 aromatic carbocycles. The maximum Gasteiger partial charge on any atom is 0.220 e. The molecule has 0 aliphatic carbocycles. The van der Waals surface area contributed by atoms with Crippen LogP contribution in [0.15, 0.2) is 36.5 Å². The molecule has 0 bridgehead atoms. The summed E-state index contributed by atoms with van der Waals surface area (Å²) in [4.78, 5) is 13.5. The standard InChI is InChI=1S/C80H149NO18/c1-3-5-7-9-11-13-15-17-19-21-23-25-27-28-29-30-31-32-33-34-36-38-40-42-44-46-48-50-52-54-56-58-68(86)81-63(64(85)57-55-53-51-49-47-45-43-41-39-37-35-26-24-22-20-18-16-14-12-10-8-6-4-2)62-94-78-74(92)71(89)76(66(60-83)96-78)99-80-75(93)72(90)77(67(61-84)97-80)98-79-73(91)70(88)69(87)65(59-82)95-79/h15,17,21,23,27-28,63-67,69-80,82-85,87-93H,3-14,16,18-20,22,24-26,29-62H2,1-2H3,(H,81,86)/b17-15-,23-21-,28-27-. The topological polar surface area (TPSA) is 307 Å². The van der Waals surface area contributed by atoms with Gasteiger partial charge in [-0.15, -0.1) is 0 Å². The van der Waals surface area contributed by atoms with E-state index in [2.05, 4.69) is 55.6 Å². The van der Waals surface area contributed by atoms with Gasteiger partial charge >= 0.3 is 0 Å². The van der Waals surface area contributed by atoms with Crippen LogP contribution in [0.3, 0.4) is 0 Å². The van der Waals surface area contributed by atoms with Crippen LogP contribution < -0.4 is 5.32 Å². The second-order valence-corrected chi connectivity index (χ2v) is 29.2. The van der Waals surface area contributed by atoms with Crippen molar-refractivity contribution in [1.82, 2.24) is 5.32 Å². The van der Waals surface area contributed by atoms with Crippen molar-refractivity contribution < 1.29 is 89.4 Å². The first-order chi connectivity index (χ1) is 48.3. The van der Waals surface area contributed by atoms with Crippen molar-refractivity contribution in [1.29, 1.82) is 0 Å². The summed E-state index contributed by atoms with van der Waals surface area (Å²) >= 11 is 0. The van der Waals surface area contributed by atoms with E-state index in [1.54, 1.807) is 0 Å². The Kier molecular flexibility index (Phi) is 56.4. The monoisotopic (exact) mass is 1410 g/mol. The van der Waals surface area contributed by atoms with Crippen LogP contribution in [0.5, 0.6) is 0 Å². The van der Waals surface area contributed by atoms with Crippen molar-refractivity contribution in [2.75, 3.05) is 26.4 Å². The minimum atomic E-state index is -1.97. The van der Waals surface area contributed by atoms with Crippen LogP contribution in [-0.4, -0.2) is 193 Å². The molecule has 0 aromatic heterocycles. The number of allylic oxidation sites excluding steroid dienone is 6. The van der Waals surface area contributed by atoms with Gasteiger partial charge < -0.3 is 89.9 Å². The minimum Gasteiger partial charge on any atom is -0.394 e. The summed E-state index contributed by atoms with van der Waals surface area (Å²) in [7, 11) is 0. The Balaban J connectivity index is 1.36. The van der Waals surface area contributed by atoms with E-state index in [-0.39, 0.29) is 18.9 Å². The Hall–Kier alpha value is -1.99. The van der Waals surface area contributed by atoms with E-state index in [1.165, 1.54) is 244 Å². The fourth-order valence-electron chi connectivity index (χ4n) is 13.9. The average Bonchev–Trinajstić information content (AvgIpc) is 0.577. The molecular formula is C80H149NO18. The van der Waals surface area contributed by atoms with Crippen molar-refractivity contribution in [2.24, 2.45) is 0 Å². The molecule has 3 aliphatic rings. The molecule has 12 N–H and O–H groups in total. The van der Waals surface area contributed by atoms with Gasteiger partial charge in [-0.3, -0.25) is 4.79 Å². The summed E-state index contributed by atoms with van der Waals surface area (Å²) in [6.07, 6.45) is 48.0. The minimum absolute atomic E-state index is 0.238. The summed E-state index contributed by atoms with van der Waals surface area (Å²) in [5.74, 6) is -0.238. The van der Waals surface area contributed by atoms with Gasteiger partial charge in [-0.1, -0.05) is 314 Å². The third kappa shape index (κ3) is 41.5. The molecule has 99 heavy (non-hydrogen) atoms. The molecular weight excluding hydrogens is 1260 g/mol. The summed E-state index contributed by atoms with van der Waals surface area (Å²) in [6, 6.07) is -0.888. The van der Waals surface area contributed by atoms with Gasteiger partial charge in [0, 0.05) is 6.42 Å². The van der Waals surface area contributed by atoms with Gasteiger partial charge in [0.15, 0.2) is 18.9 Å². The molecule has 3 rings (SSSR count). The van der Waals surface area contributed by atoms with Crippen LogP contribution in [0.2, 0.25) is 0 Å². The van der Waals surface area contributed by atoms with E-state index in [1.807, 2.05) is 0 Å². The maximum atomic E-state index is 13.5. The molecule has 582 valence electrons. The zero-order valence-electron chi connectivity index (χ0n) is 62.2. The highest BCUT2D eigenvalue weighted by atomic mass is 16.8. The Labute approximate surface area is 600 Å². The summed E-state index contributed by atoms with van der Waals surface area (Å²) < 4.78 is 34.5. The lowest BCUT2D eigenvalue weighted by Crippen LogP contribution is -2.66. The first-order valence-electron chi connectivity index (χ1n) is 40.7. The lowest BCUT2D eigenvalue weighted by Gasteiger charge is -2.48. The van der Waals surface area contributed by atoms with Gasteiger partial charge in [-0.05, 0) is 51.4 Å². The second-order valence-electron chi connectivity index (χ2n) is 29.2. The predicted molar refractivity (Wildman–Crippen MR) is 393 cm³/mol. The quantitative estimate of drug-likeness (QED) is 0.0199. The molecule has 0 aromatic rings. The molecule has 0 radical (unpaired) electrons. The van der Waals surface area contributed by atoms with Crippen molar-refractivity contribution in [3.8, 4) is 0 Å². The van der Waals surface area contributed by atoms with E-state index in [0.717, 1.165) is 57.8 Å². The number of aliphatic hydroxyl groups excluding tert-OH is 11. The first kappa shape index (κ1) is 91.2. The number of amides is 1. The number of unbranched alkanes of at least 4 members (excludes halogenated alkanes) is 43. The fraction of sp³-hybridized carbons (Fsp3) is 0.912. The zero-order chi connectivity index (χ0) is 71.8. The van der Waals surface area contributed by atoms with Gasteiger partial charge in [-0.2, -0.15) is 0 Å². The molecule has 17 atom stereocenters. The molecule has 17 unspecified atom stereocenters. The SMILES string of the molecule is CCCCCCC/C=C\C/C=C\C/C=C\CCCCCCCCCCCCCCCCCCC(=O)NC(COC1OC(CO)C(OC2OC(CO)C(OC3OC(CO)C(O)C(O)C3O)C(O)C2O)C(O)C1O)C(O)CCCCCCCCCCCCCCCCCCCCCCCCC. The van der Waals surface area contributed by atoms with E-state index < -0.39 is 124 Å². The molecule has 0 spiro atoms. The van der Waals surface area contributed by atoms with Crippen molar-refractivity contribution >= 4 is 5.91 Å².